The molecule has 0 atom stereocenters. The highest BCUT2D eigenvalue weighted by atomic mass is 32.2. The summed E-state index contributed by atoms with van der Waals surface area (Å²) in [6.07, 6.45) is 4.49. The van der Waals surface area contributed by atoms with Crippen LogP contribution in [0.5, 0.6) is 0 Å². The molecule has 1 aliphatic heterocycles. The average molecular weight is 490 g/mol. The van der Waals surface area contributed by atoms with E-state index < -0.39 is 21.8 Å². The van der Waals surface area contributed by atoms with Crippen LogP contribution in [-0.4, -0.2) is 66.6 Å². The van der Waals surface area contributed by atoms with Crippen molar-refractivity contribution in [2.24, 2.45) is 0 Å². The molecule has 10 nitrogen and oxygen atoms in total. The summed E-state index contributed by atoms with van der Waals surface area (Å²) in [4.78, 5) is 20.1. The van der Waals surface area contributed by atoms with Crippen LogP contribution < -0.4 is 5.32 Å². The van der Waals surface area contributed by atoms with Crippen LogP contribution in [-0.2, 0) is 26.0 Å². The topological polar surface area (TPSA) is 116 Å². The lowest BCUT2D eigenvalue weighted by Gasteiger charge is -2.27. The van der Waals surface area contributed by atoms with Gasteiger partial charge in [0, 0.05) is 38.2 Å². The van der Waals surface area contributed by atoms with Gasteiger partial charge in [-0.3, -0.25) is 0 Å². The van der Waals surface area contributed by atoms with Crippen molar-refractivity contribution in [2.45, 2.75) is 18.4 Å². The summed E-state index contributed by atoms with van der Waals surface area (Å²) in [7, 11) is -2.77. The van der Waals surface area contributed by atoms with Gasteiger partial charge in [0.05, 0.1) is 31.6 Å². The molecule has 12 heteroatoms. The Kier molecular flexibility index (Phi) is 6.91. The number of rotatable bonds is 7. The van der Waals surface area contributed by atoms with Crippen LogP contribution >= 0.6 is 0 Å². The number of anilines is 1. The first kappa shape index (κ1) is 23.8. The third kappa shape index (κ3) is 4.79. The third-order valence-corrected chi connectivity index (χ3v) is 7.33. The maximum atomic E-state index is 14.8. The van der Waals surface area contributed by atoms with Crippen molar-refractivity contribution in [1.29, 1.82) is 0 Å². The predicted molar refractivity (Wildman–Crippen MR) is 121 cm³/mol. The number of sulfonamides is 1. The van der Waals surface area contributed by atoms with Gasteiger partial charge in [-0.15, -0.1) is 0 Å². The molecule has 1 N–H and O–H groups in total. The van der Waals surface area contributed by atoms with Gasteiger partial charge in [0.1, 0.15) is 22.4 Å². The van der Waals surface area contributed by atoms with Crippen LogP contribution in [0, 0.1) is 12.7 Å². The standard InChI is InChI=1S/C22H24FN5O5S/c1-15-24-5-6-28(15)19-4-3-16(11-18(19)23)13-25-21-20(12-17(14-26-21)22(29)32-2)34(30,31)27-7-9-33-10-8-27/h3-6,11-12,14H,7-10,13H2,1-2H3,(H,25,26). The number of pyridine rings is 1. The second-order valence-corrected chi connectivity index (χ2v) is 9.47. The summed E-state index contributed by atoms with van der Waals surface area (Å²) in [6, 6.07) is 5.95. The number of carbonyl (C=O) groups is 1. The van der Waals surface area contributed by atoms with Gasteiger partial charge in [-0.25, -0.2) is 27.6 Å². The second-order valence-electron chi connectivity index (χ2n) is 7.56. The fourth-order valence-corrected chi connectivity index (χ4v) is 5.16. The molecule has 0 spiro atoms. The molecule has 3 aromatic rings. The van der Waals surface area contributed by atoms with Crippen molar-refractivity contribution in [1.82, 2.24) is 18.8 Å². The molecule has 0 bridgehead atoms. The largest absolute Gasteiger partial charge is 0.465 e. The SMILES string of the molecule is COC(=O)c1cnc(NCc2ccc(-n3ccnc3C)c(F)c2)c(S(=O)(=O)N2CCOCC2)c1. The Balaban J connectivity index is 1.62. The van der Waals surface area contributed by atoms with E-state index >= 15 is 0 Å². The van der Waals surface area contributed by atoms with Gasteiger partial charge in [-0.2, -0.15) is 4.31 Å². The van der Waals surface area contributed by atoms with Crippen molar-refractivity contribution >= 4 is 21.8 Å². The number of hydrogen-bond acceptors (Lipinski definition) is 8. The van der Waals surface area contributed by atoms with Crippen LogP contribution in [0.15, 0.2) is 47.8 Å². The molecule has 4 rings (SSSR count). The zero-order chi connectivity index (χ0) is 24.3. The number of morpholine rings is 1. The van der Waals surface area contributed by atoms with Gasteiger partial charge in [-0.1, -0.05) is 6.07 Å². The van der Waals surface area contributed by atoms with E-state index in [9.17, 15) is 17.6 Å². The van der Waals surface area contributed by atoms with E-state index in [0.717, 1.165) is 0 Å². The molecule has 0 saturated carbocycles. The molecule has 1 saturated heterocycles. The molecule has 34 heavy (non-hydrogen) atoms. The summed E-state index contributed by atoms with van der Waals surface area (Å²) in [6.45, 7) is 2.79. The highest BCUT2D eigenvalue weighted by molar-refractivity contribution is 7.89. The lowest BCUT2D eigenvalue weighted by Crippen LogP contribution is -2.41. The number of imidazole rings is 1. The number of carbonyl (C=O) groups excluding carboxylic acids is 1. The molecule has 0 amide bonds. The smallest absolute Gasteiger partial charge is 0.339 e. The van der Waals surface area contributed by atoms with Crippen LogP contribution in [0.1, 0.15) is 21.7 Å². The summed E-state index contributed by atoms with van der Waals surface area (Å²) in [5.74, 6) is -0.452. The van der Waals surface area contributed by atoms with Crippen LogP contribution in [0.4, 0.5) is 10.2 Å². The Morgan fingerprint density at radius 2 is 2.00 bits per heavy atom. The molecule has 3 heterocycles. The summed E-state index contributed by atoms with van der Waals surface area (Å²) in [5.41, 5.74) is 0.938. The van der Waals surface area contributed by atoms with Crippen molar-refractivity contribution in [2.75, 3.05) is 38.7 Å². The lowest BCUT2D eigenvalue weighted by molar-refractivity contribution is 0.0600. The number of aryl methyl sites for hydroxylation is 1. The predicted octanol–water partition coefficient (Wildman–Crippen LogP) is 2.13. The van der Waals surface area contributed by atoms with Gasteiger partial charge in [-0.05, 0) is 30.7 Å². The minimum absolute atomic E-state index is 0.00554. The lowest BCUT2D eigenvalue weighted by atomic mass is 10.2. The Labute approximate surface area is 196 Å². The Morgan fingerprint density at radius 1 is 1.24 bits per heavy atom. The van der Waals surface area contributed by atoms with E-state index in [1.54, 1.807) is 36.0 Å². The van der Waals surface area contributed by atoms with E-state index in [1.165, 1.54) is 29.7 Å². The molecular weight excluding hydrogens is 465 g/mol. The number of aromatic nitrogens is 3. The van der Waals surface area contributed by atoms with Gasteiger partial charge in [0.15, 0.2) is 0 Å². The van der Waals surface area contributed by atoms with E-state index in [1.807, 2.05) is 0 Å². The first-order valence-electron chi connectivity index (χ1n) is 10.5. The first-order valence-corrected chi connectivity index (χ1v) is 11.9. The summed E-state index contributed by atoms with van der Waals surface area (Å²) in [5, 5.41) is 2.97. The van der Waals surface area contributed by atoms with Gasteiger partial charge in [0.25, 0.3) is 0 Å². The molecule has 2 aromatic heterocycles. The van der Waals surface area contributed by atoms with Crippen LogP contribution in [0.3, 0.4) is 0 Å². The Bertz CT molecular complexity index is 1300. The second kappa shape index (κ2) is 9.87. The molecule has 0 radical (unpaired) electrons. The van der Waals surface area contributed by atoms with Gasteiger partial charge < -0.3 is 19.4 Å². The van der Waals surface area contributed by atoms with Crippen molar-refractivity contribution in [3.8, 4) is 5.69 Å². The quantitative estimate of drug-likeness (QED) is 0.502. The first-order chi connectivity index (χ1) is 16.3. The number of methoxy groups -OCH3 is 1. The fraction of sp³-hybridized carbons (Fsp3) is 0.318. The maximum absolute atomic E-state index is 14.8. The number of halogens is 1. The zero-order valence-electron chi connectivity index (χ0n) is 18.7. The number of esters is 1. The normalized spacial score (nSPS) is 14.7. The number of ether oxygens (including phenoxy) is 2. The van der Waals surface area contributed by atoms with E-state index in [4.69, 9.17) is 9.47 Å². The number of nitrogens with zero attached hydrogens (tertiary/aromatic N) is 4. The van der Waals surface area contributed by atoms with E-state index in [-0.39, 0.29) is 49.1 Å². The number of benzene rings is 1. The summed E-state index contributed by atoms with van der Waals surface area (Å²) < 4.78 is 54.2. The van der Waals surface area contributed by atoms with Crippen molar-refractivity contribution < 1.29 is 27.1 Å². The molecule has 0 unspecified atom stereocenters. The fourth-order valence-electron chi connectivity index (χ4n) is 3.60. The summed E-state index contributed by atoms with van der Waals surface area (Å²) >= 11 is 0. The molecule has 1 aromatic carbocycles. The minimum Gasteiger partial charge on any atom is -0.465 e. The van der Waals surface area contributed by atoms with Crippen LogP contribution in [0.25, 0.3) is 5.69 Å². The maximum Gasteiger partial charge on any atom is 0.339 e. The van der Waals surface area contributed by atoms with Gasteiger partial charge >= 0.3 is 5.97 Å². The average Bonchev–Trinajstić information content (AvgIpc) is 3.28. The zero-order valence-corrected chi connectivity index (χ0v) is 19.5. The molecular formula is C22H24FN5O5S. The van der Waals surface area contributed by atoms with Gasteiger partial charge in [0.2, 0.25) is 10.0 Å². The molecule has 1 fully saturated rings. The monoisotopic (exact) mass is 489 g/mol. The highest BCUT2D eigenvalue weighted by Gasteiger charge is 2.30. The number of nitrogens with one attached hydrogen (secondary N) is 1. The van der Waals surface area contributed by atoms with E-state index in [2.05, 4.69) is 15.3 Å². The van der Waals surface area contributed by atoms with Crippen molar-refractivity contribution in [3.63, 3.8) is 0 Å². The Morgan fingerprint density at radius 3 is 2.65 bits per heavy atom. The Hall–Kier alpha value is -3.35. The molecule has 1 aliphatic rings. The molecule has 0 aliphatic carbocycles. The molecule has 180 valence electrons. The van der Waals surface area contributed by atoms with Crippen molar-refractivity contribution in [3.05, 3.63) is 65.6 Å². The third-order valence-electron chi connectivity index (χ3n) is 5.42. The minimum atomic E-state index is -3.97. The highest BCUT2D eigenvalue weighted by Crippen LogP contribution is 2.26. The van der Waals surface area contributed by atoms with Crippen LogP contribution in [0.2, 0.25) is 0 Å². The number of hydrogen-bond donors (Lipinski definition) is 1. The van der Waals surface area contributed by atoms with E-state index in [0.29, 0.717) is 17.1 Å².